The van der Waals surface area contributed by atoms with Gasteiger partial charge in [-0.05, 0) is 36.9 Å². The number of carboxylic acids is 1. The number of carbonyl (C=O) groups is 5. The number of rotatable bonds is 15. The monoisotopic (exact) mass is 451 g/mol. The van der Waals surface area contributed by atoms with Crippen LogP contribution in [0, 0.1) is 0 Å². The molecule has 11 nitrogen and oxygen atoms in total. The highest BCUT2D eigenvalue weighted by Gasteiger charge is 2.26. The van der Waals surface area contributed by atoms with Crippen LogP contribution in [-0.4, -0.2) is 83.4 Å². The van der Waals surface area contributed by atoms with Crippen molar-refractivity contribution in [3.63, 3.8) is 0 Å². The predicted molar refractivity (Wildman–Crippen MR) is 112 cm³/mol. The minimum Gasteiger partial charge on any atom is -0.480 e. The highest BCUT2D eigenvalue weighted by Crippen LogP contribution is 2.05. The summed E-state index contributed by atoms with van der Waals surface area (Å²) < 4.78 is 0. The predicted octanol–water partition coefficient (Wildman–Crippen LogP) is -2.13. The van der Waals surface area contributed by atoms with Crippen LogP contribution in [0.15, 0.2) is 0 Å². The number of nitrogens with one attached hydrogen (secondary N) is 3. The van der Waals surface area contributed by atoms with Crippen LogP contribution in [0.3, 0.4) is 0 Å². The van der Waals surface area contributed by atoms with E-state index in [-0.39, 0.29) is 19.3 Å². The molecule has 3 unspecified atom stereocenters. The molecule has 0 fully saturated rings. The number of primary amides is 1. The number of thioether (sulfide) groups is 2. The Morgan fingerprint density at radius 1 is 0.931 bits per heavy atom. The quantitative estimate of drug-likeness (QED) is 0.161. The van der Waals surface area contributed by atoms with Gasteiger partial charge >= 0.3 is 5.97 Å². The lowest BCUT2D eigenvalue weighted by Gasteiger charge is -2.21. The molecular weight excluding hydrogens is 422 g/mol. The first-order valence-electron chi connectivity index (χ1n) is 8.74. The standard InChI is InChI=1S/C16H29N5O6S2/c1-28-5-3-10(15(25)21-11(16(26)27)4-6-29-2)20-13(23)8-19-14(24)9(17)7-12(18)22/h9-11H,3-8,17H2,1-2H3,(H2,18,22)(H,19,24)(H,20,23)(H,21,25)(H,26,27). The molecule has 8 N–H and O–H groups in total. The van der Waals surface area contributed by atoms with Gasteiger partial charge < -0.3 is 32.5 Å². The van der Waals surface area contributed by atoms with E-state index in [1.54, 1.807) is 0 Å². The van der Waals surface area contributed by atoms with Crippen molar-refractivity contribution in [3.05, 3.63) is 0 Å². The molecule has 0 aromatic heterocycles. The van der Waals surface area contributed by atoms with Gasteiger partial charge in [0.25, 0.3) is 0 Å². The molecule has 0 saturated carbocycles. The van der Waals surface area contributed by atoms with Gasteiger partial charge in [0.1, 0.15) is 12.1 Å². The lowest BCUT2D eigenvalue weighted by atomic mass is 10.1. The third-order valence-corrected chi connectivity index (χ3v) is 4.96. The van der Waals surface area contributed by atoms with E-state index in [1.165, 1.54) is 23.5 Å². The maximum absolute atomic E-state index is 12.5. The largest absolute Gasteiger partial charge is 0.480 e. The maximum Gasteiger partial charge on any atom is 0.326 e. The molecule has 0 aromatic rings. The van der Waals surface area contributed by atoms with Gasteiger partial charge in [0.15, 0.2) is 0 Å². The SMILES string of the molecule is CSCCC(NC(=O)C(CCSC)NC(=O)CNC(=O)C(N)CC(N)=O)C(=O)O. The van der Waals surface area contributed by atoms with E-state index >= 15 is 0 Å². The molecule has 3 atom stereocenters. The van der Waals surface area contributed by atoms with Crippen molar-refractivity contribution in [2.45, 2.75) is 37.4 Å². The van der Waals surface area contributed by atoms with Crippen molar-refractivity contribution in [1.82, 2.24) is 16.0 Å². The molecule has 0 aliphatic carbocycles. The first-order chi connectivity index (χ1) is 13.6. The van der Waals surface area contributed by atoms with E-state index in [0.29, 0.717) is 11.5 Å². The lowest BCUT2D eigenvalue weighted by molar-refractivity contribution is -0.142. The van der Waals surface area contributed by atoms with Crippen LogP contribution in [0.25, 0.3) is 0 Å². The van der Waals surface area contributed by atoms with Crippen molar-refractivity contribution >= 4 is 53.1 Å². The molecule has 29 heavy (non-hydrogen) atoms. The molecule has 0 aromatic carbocycles. The number of aliphatic carboxylic acids is 1. The zero-order chi connectivity index (χ0) is 22.4. The van der Waals surface area contributed by atoms with Gasteiger partial charge in [-0.1, -0.05) is 0 Å². The van der Waals surface area contributed by atoms with Gasteiger partial charge in [0, 0.05) is 0 Å². The molecule has 0 aliphatic heterocycles. The highest BCUT2D eigenvalue weighted by molar-refractivity contribution is 7.98. The fourth-order valence-electron chi connectivity index (χ4n) is 2.12. The second-order valence-corrected chi connectivity index (χ2v) is 8.05. The van der Waals surface area contributed by atoms with Crippen molar-refractivity contribution in [2.75, 3.05) is 30.6 Å². The van der Waals surface area contributed by atoms with E-state index < -0.39 is 54.3 Å². The van der Waals surface area contributed by atoms with Gasteiger partial charge in [-0.25, -0.2) is 4.79 Å². The summed E-state index contributed by atoms with van der Waals surface area (Å²) in [6.07, 6.45) is 3.82. The Balaban J connectivity index is 4.81. The summed E-state index contributed by atoms with van der Waals surface area (Å²) in [5.74, 6) is -2.79. The first kappa shape index (κ1) is 27.0. The summed E-state index contributed by atoms with van der Waals surface area (Å²) in [7, 11) is 0. The Morgan fingerprint density at radius 3 is 1.97 bits per heavy atom. The molecule has 166 valence electrons. The molecular formula is C16H29N5O6S2. The van der Waals surface area contributed by atoms with Gasteiger partial charge in [0.2, 0.25) is 23.6 Å². The van der Waals surface area contributed by atoms with Crippen molar-refractivity contribution < 1.29 is 29.1 Å². The van der Waals surface area contributed by atoms with Crippen molar-refractivity contribution in [3.8, 4) is 0 Å². The van der Waals surface area contributed by atoms with Crippen LogP contribution in [0.4, 0.5) is 0 Å². The van der Waals surface area contributed by atoms with Crippen LogP contribution in [0.1, 0.15) is 19.3 Å². The average molecular weight is 452 g/mol. The van der Waals surface area contributed by atoms with Crippen LogP contribution < -0.4 is 27.4 Å². The molecule has 4 amide bonds. The number of nitrogens with two attached hydrogens (primary N) is 2. The summed E-state index contributed by atoms with van der Waals surface area (Å²) in [5, 5.41) is 16.4. The number of hydrogen-bond acceptors (Lipinski definition) is 8. The minimum absolute atomic E-state index is 0.249. The Kier molecular flexibility index (Phi) is 13.9. The maximum atomic E-state index is 12.5. The molecule has 0 aliphatic rings. The smallest absolute Gasteiger partial charge is 0.326 e. The molecule has 0 spiro atoms. The van der Waals surface area contributed by atoms with Crippen molar-refractivity contribution in [2.24, 2.45) is 11.5 Å². The van der Waals surface area contributed by atoms with E-state index in [4.69, 9.17) is 11.5 Å². The number of amides is 4. The number of hydrogen-bond donors (Lipinski definition) is 6. The summed E-state index contributed by atoms with van der Waals surface area (Å²) >= 11 is 2.92. The van der Waals surface area contributed by atoms with Gasteiger partial charge in [-0.3, -0.25) is 19.2 Å². The zero-order valence-electron chi connectivity index (χ0n) is 16.4. The molecule has 0 saturated heterocycles. The van der Waals surface area contributed by atoms with Crippen LogP contribution >= 0.6 is 23.5 Å². The second kappa shape index (κ2) is 14.9. The molecule has 0 radical (unpaired) electrons. The number of carbonyl (C=O) groups excluding carboxylic acids is 4. The van der Waals surface area contributed by atoms with Gasteiger partial charge in [-0.15, -0.1) is 0 Å². The summed E-state index contributed by atoms with van der Waals surface area (Å²) in [4.78, 5) is 58.4. The molecule has 0 heterocycles. The highest BCUT2D eigenvalue weighted by atomic mass is 32.2. The average Bonchev–Trinajstić information content (AvgIpc) is 2.65. The summed E-state index contributed by atoms with van der Waals surface area (Å²) in [6.45, 7) is -0.455. The lowest BCUT2D eigenvalue weighted by Crippen LogP contribution is -2.54. The fraction of sp³-hybridized carbons (Fsp3) is 0.688. The van der Waals surface area contributed by atoms with Gasteiger partial charge in [-0.2, -0.15) is 23.5 Å². The van der Waals surface area contributed by atoms with E-state index in [0.717, 1.165) is 0 Å². The second-order valence-electron chi connectivity index (χ2n) is 6.08. The first-order valence-corrected chi connectivity index (χ1v) is 11.5. The normalized spacial score (nSPS) is 13.6. The number of carboxylic acid groups (broad SMARTS) is 1. The fourth-order valence-corrected chi connectivity index (χ4v) is 3.07. The van der Waals surface area contributed by atoms with Crippen LogP contribution in [-0.2, 0) is 24.0 Å². The Labute approximate surface area is 177 Å². The Morgan fingerprint density at radius 2 is 1.48 bits per heavy atom. The molecule has 0 rings (SSSR count). The summed E-state index contributed by atoms with van der Waals surface area (Å²) in [5.41, 5.74) is 10.4. The minimum atomic E-state index is -1.18. The van der Waals surface area contributed by atoms with Gasteiger partial charge in [0.05, 0.1) is 19.0 Å². The van der Waals surface area contributed by atoms with E-state index in [9.17, 15) is 29.1 Å². The Bertz CT molecular complexity index is 592. The molecule has 13 heteroatoms. The van der Waals surface area contributed by atoms with Crippen LogP contribution in [0.5, 0.6) is 0 Å². The topological polar surface area (TPSA) is 194 Å². The molecule has 0 bridgehead atoms. The zero-order valence-corrected chi connectivity index (χ0v) is 18.1. The van der Waals surface area contributed by atoms with E-state index in [1.807, 2.05) is 12.5 Å². The Hall–Kier alpha value is -1.99. The van der Waals surface area contributed by atoms with E-state index in [2.05, 4.69) is 16.0 Å². The van der Waals surface area contributed by atoms with Crippen LogP contribution in [0.2, 0.25) is 0 Å². The van der Waals surface area contributed by atoms with Crippen molar-refractivity contribution in [1.29, 1.82) is 0 Å². The third-order valence-electron chi connectivity index (χ3n) is 3.67. The summed E-state index contributed by atoms with van der Waals surface area (Å²) in [6, 6.07) is -3.19. The third kappa shape index (κ3) is 12.2.